The first kappa shape index (κ1) is 19.9. The van der Waals surface area contributed by atoms with Crippen LogP contribution in [0.4, 0.5) is 0 Å². The normalized spacial score (nSPS) is 20.2. The van der Waals surface area contributed by atoms with Gasteiger partial charge in [0, 0.05) is 13.1 Å². The molecule has 140 valence electrons. The summed E-state index contributed by atoms with van der Waals surface area (Å²) in [4.78, 5) is 12.7. The van der Waals surface area contributed by atoms with Crippen molar-refractivity contribution in [3.05, 3.63) is 35.4 Å². The van der Waals surface area contributed by atoms with Gasteiger partial charge in [-0.25, -0.2) is 12.7 Å². The summed E-state index contributed by atoms with van der Waals surface area (Å²) in [7, 11) is -3.24. The zero-order valence-electron chi connectivity index (χ0n) is 15.5. The molecule has 0 spiro atoms. The van der Waals surface area contributed by atoms with E-state index in [0.717, 1.165) is 24.8 Å². The van der Waals surface area contributed by atoms with Gasteiger partial charge in [-0.15, -0.1) is 0 Å². The Kier molecular flexibility index (Phi) is 7.02. The van der Waals surface area contributed by atoms with Crippen molar-refractivity contribution in [2.24, 2.45) is 5.92 Å². The predicted octanol–water partition coefficient (Wildman–Crippen LogP) is 3.01. The molecule has 1 aromatic rings. The maximum absolute atomic E-state index is 12.7. The molecule has 0 radical (unpaired) electrons. The molecule has 1 aliphatic heterocycles. The second kappa shape index (κ2) is 8.81. The fourth-order valence-electron chi connectivity index (χ4n) is 3.31. The van der Waals surface area contributed by atoms with Crippen molar-refractivity contribution >= 4 is 15.9 Å². The van der Waals surface area contributed by atoms with Gasteiger partial charge in [0.05, 0.1) is 17.7 Å². The highest BCUT2D eigenvalue weighted by Gasteiger charge is 2.32. The number of carbonyl (C=O) groups is 1. The molecular weight excluding hydrogens is 336 g/mol. The molecule has 2 atom stereocenters. The highest BCUT2D eigenvalue weighted by atomic mass is 32.2. The SMILES string of the molecule is CCCS(=O)(=O)N1CCC[C@H](C(=O)N[C@H](CC)c2ccc(C)cc2)C1. The van der Waals surface area contributed by atoms with E-state index in [9.17, 15) is 13.2 Å². The molecule has 1 N–H and O–H groups in total. The maximum atomic E-state index is 12.7. The fraction of sp³-hybridized carbons (Fsp3) is 0.632. The first-order valence-electron chi connectivity index (χ1n) is 9.22. The van der Waals surface area contributed by atoms with E-state index in [2.05, 4.69) is 5.32 Å². The zero-order chi connectivity index (χ0) is 18.4. The molecule has 1 heterocycles. The average molecular weight is 367 g/mol. The Labute approximate surface area is 151 Å². The monoisotopic (exact) mass is 366 g/mol. The lowest BCUT2D eigenvalue weighted by Crippen LogP contribution is -2.46. The maximum Gasteiger partial charge on any atom is 0.224 e. The summed E-state index contributed by atoms with van der Waals surface area (Å²) in [6.07, 6.45) is 2.89. The molecule has 0 aliphatic carbocycles. The lowest BCUT2D eigenvalue weighted by atomic mass is 9.97. The summed E-state index contributed by atoms with van der Waals surface area (Å²) in [5.74, 6) is -0.147. The summed E-state index contributed by atoms with van der Waals surface area (Å²) in [6.45, 7) is 6.78. The Bertz CT molecular complexity index is 670. The van der Waals surface area contributed by atoms with Crippen molar-refractivity contribution in [1.82, 2.24) is 9.62 Å². The summed E-state index contributed by atoms with van der Waals surface area (Å²) < 4.78 is 26.1. The van der Waals surface area contributed by atoms with Gasteiger partial charge in [0.2, 0.25) is 15.9 Å². The van der Waals surface area contributed by atoms with E-state index in [-0.39, 0.29) is 23.6 Å². The van der Waals surface area contributed by atoms with Gasteiger partial charge < -0.3 is 5.32 Å². The van der Waals surface area contributed by atoms with E-state index in [4.69, 9.17) is 0 Å². The third-order valence-corrected chi connectivity index (χ3v) is 6.86. The van der Waals surface area contributed by atoms with Crippen molar-refractivity contribution < 1.29 is 13.2 Å². The number of piperidine rings is 1. The predicted molar refractivity (Wildman–Crippen MR) is 101 cm³/mol. The van der Waals surface area contributed by atoms with Crippen LogP contribution in [0.5, 0.6) is 0 Å². The average Bonchev–Trinajstić information content (AvgIpc) is 2.60. The molecule has 1 fully saturated rings. The molecule has 6 heteroatoms. The van der Waals surface area contributed by atoms with Gasteiger partial charge >= 0.3 is 0 Å². The van der Waals surface area contributed by atoms with Crippen LogP contribution in [0.25, 0.3) is 0 Å². The van der Waals surface area contributed by atoms with Gasteiger partial charge in [-0.05, 0) is 38.2 Å². The number of nitrogens with zero attached hydrogens (tertiary/aromatic N) is 1. The van der Waals surface area contributed by atoms with E-state index in [1.165, 1.54) is 9.87 Å². The van der Waals surface area contributed by atoms with Gasteiger partial charge in [-0.2, -0.15) is 0 Å². The van der Waals surface area contributed by atoms with E-state index in [1.54, 1.807) is 0 Å². The standard InChI is InChI=1S/C19H30N2O3S/c1-4-13-25(23,24)21-12-6-7-17(14-21)19(22)20-18(5-2)16-10-8-15(3)9-11-16/h8-11,17-18H,4-7,12-14H2,1-3H3,(H,20,22)/t17-,18+/m0/s1. The van der Waals surface area contributed by atoms with E-state index in [1.807, 2.05) is 45.0 Å². The number of benzene rings is 1. The van der Waals surface area contributed by atoms with Gasteiger partial charge in [0.1, 0.15) is 0 Å². The van der Waals surface area contributed by atoms with Crippen LogP contribution in [0.3, 0.4) is 0 Å². The van der Waals surface area contributed by atoms with Crippen LogP contribution in [0, 0.1) is 12.8 Å². The minimum absolute atomic E-state index is 0.0317. The van der Waals surface area contributed by atoms with E-state index >= 15 is 0 Å². The highest BCUT2D eigenvalue weighted by molar-refractivity contribution is 7.89. The first-order valence-corrected chi connectivity index (χ1v) is 10.8. The van der Waals surface area contributed by atoms with Crippen molar-refractivity contribution in [2.45, 2.75) is 52.5 Å². The van der Waals surface area contributed by atoms with E-state index < -0.39 is 10.0 Å². The molecular formula is C19H30N2O3S. The van der Waals surface area contributed by atoms with Gasteiger partial charge in [0.15, 0.2) is 0 Å². The van der Waals surface area contributed by atoms with Crippen LogP contribution in [-0.2, 0) is 14.8 Å². The Morgan fingerprint density at radius 2 is 1.96 bits per heavy atom. The summed E-state index contributed by atoms with van der Waals surface area (Å²) in [6, 6.07) is 8.15. The van der Waals surface area contributed by atoms with Crippen LogP contribution >= 0.6 is 0 Å². The number of amides is 1. The smallest absolute Gasteiger partial charge is 0.224 e. The number of hydrogen-bond acceptors (Lipinski definition) is 3. The minimum Gasteiger partial charge on any atom is -0.349 e. The van der Waals surface area contributed by atoms with Gasteiger partial charge in [-0.3, -0.25) is 4.79 Å². The van der Waals surface area contributed by atoms with Crippen molar-refractivity contribution in [2.75, 3.05) is 18.8 Å². The molecule has 1 saturated heterocycles. The molecule has 2 rings (SSSR count). The number of sulfonamides is 1. The molecule has 5 nitrogen and oxygen atoms in total. The Balaban J connectivity index is 2.02. The number of aryl methyl sites for hydroxylation is 1. The molecule has 0 saturated carbocycles. The molecule has 0 aromatic heterocycles. The van der Waals surface area contributed by atoms with Crippen LogP contribution in [0.1, 0.15) is 56.7 Å². The molecule has 0 unspecified atom stereocenters. The third-order valence-electron chi connectivity index (χ3n) is 4.81. The van der Waals surface area contributed by atoms with Crippen molar-refractivity contribution in [1.29, 1.82) is 0 Å². The fourth-order valence-corrected chi connectivity index (χ4v) is 4.89. The van der Waals surface area contributed by atoms with Crippen molar-refractivity contribution in [3.8, 4) is 0 Å². The molecule has 25 heavy (non-hydrogen) atoms. The molecule has 1 amide bonds. The second-order valence-corrected chi connectivity index (χ2v) is 8.98. The molecule has 1 aliphatic rings. The second-order valence-electron chi connectivity index (χ2n) is 6.89. The van der Waals surface area contributed by atoms with Gasteiger partial charge in [-0.1, -0.05) is 43.7 Å². The zero-order valence-corrected chi connectivity index (χ0v) is 16.3. The quantitative estimate of drug-likeness (QED) is 0.807. The van der Waals surface area contributed by atoms with Crippen LogP contribution < -0.4 is 5.32 Å². The minimum atomic E-state index is -3.24. The number of carbonyl (C=O) groups excluding carboxylic acids is 1. The molecule has 0 bridgehead atoms. The number of hydrogen-bond donors (Lipinski definition) is 1. The third kappa shape index (κ3) is 5.28. The molecule has 1 aromatic carbocycles. The Morgan fingerprint density at radius 3 is 2.56 bits per heavy atom. The van der Waals surface area contributed by atoms with E-state index in [0.29, 0.717) is 19.5 Å². The lowest BCUT2D eigenvalue weighted by molar-refractivity contribution is -0.126. The number of nitrogens with one attached hydrogen (secondary N) is 1. The highest BCUT2D eigenvalue weighted by Crippen LogP contribution is 2.23. The van der Waals surface area contributed by atoms with Crippen molar-refractivity contribution in [3.63, 3.8) is 0 Å². The van der Waals surface area contributed by atoms with Crippen LogP contribution in [0.15, 0.2) is 24.3 Å². The van der Waals surface area contributed by atoms with Crippen LogP contribution in [-0.4, -0.2) is 37.5 Å². The summed E-state index contributed by atoms with van der Waals surface area (Å²) in [5, 5.41) is 3.12. The van der Waals surface area contributed by atoms with Gasteiger partial charge in [0.25, 0.3) is 0 Å². The van der Waals surface area contributed by atoms with Crippen LogP contribution in [0.2, 0.25) is 0 Å². The number of rotatable bonds is 7. The summed E-state index contributed by atoms with van der Waals surface area (Å²) >= 11 is 0. The Morgan fingerprint density at radius 1 is 1.28 bits per heavy atom. The Hall–Kier alpha value is -1.40. The summed E-state index contributed by atoms with van der Waals surface area (Å²) in [5.41, 5.74) is 2.28. The largest absolute Gasteiger partial charge is 0.349 e. The first-order chi connectivity index (χ1) is 11.9. The lowest BCUT2D eigenvalue weighted by Gasteiger charge is -2.32. The topological polar surface area (TPSA) is 66.5 Å².